The summed E-state index contributed by atoms with van der Waals surface area (Å²) in [4.78, 5) is 25.0. The normalized spacial score (nSPS) is 11.3. The number of carbonyl (C=O) groups is 1. The minimum atomic E-state index is -0.354. The second kappa shape index (κ2) is 7.73. The van der Waals surface area contributed by atoms with E-state index in [1.807, 2.05) is 44.2 Å². The van der Waals surface area contributed by atoms with E-state index in [0.717, 1.165) is 23.2 Å². The molecule has 0 saturated heterocycles. The van der Waals surface area contributed by atoms with Crippen LogP contribution < -0.4 is 10.9 Å². The molecular weight excluding hydrogens is 342 g/mol. The van der Waals surface area contributed by atoms with Crippen LogP contribution in [0.1, 0.15) is 31.7 Å². The third-order valence-corrected chi connectivity index (χ3v) is 4.52. The molecule has 142 valence electrons. The summed E-state index contributed by atoms with van der Waals surface area (Å²) in [5, 5.41) is 12.4. The number of hydrogen-bond donors (Lipinski definition) is 1. The van der Waals surface area contributed by atoms with Gasteiger partial charge in [-0.25, -0.2) is 9.36 Å². The van der Waals surface area contributed by atoms with Gasteiger partial charge in [0.1, 0.15) is 6.54 Å². The summed E-state index contributed by atoms with van der Waals surface area (Å²) in [6.45, 7) is 8.43. The maximum Gasteiger partial charge on any atom is 0.295 e. The minimum absolute atomic E-state index is 0.106. The molecule has 2 aromatic heterocycles. The predicted molar refractivity (Wildman–Crippen MR) is 105 cm³/mol. The first-order valence-corrected chi connectivity index (χ1v) is 9.17. The van der Waals surface area contributed by atoms with Gasteiger partial charge in [-0.05, 0) is 38.3 Å². The Labute approximate surface area is 158 Å². The SMILES string of the molecule is Cc1nn(CC(=O)NCCC(C)C)c(=O)c2nn(-c3ccccc3)c(C)c12. The summed E-state index contributed by atoms with van der Waals surface area (Å²) < 4.78 is 2.94. The standard InChI is InChI=1S/C20H25N5O2/c1-13(2)10-11-21-17(26)12-24-20(27)19-18(14(3)22-24)15(4)25(23-19)16-8-6-5-7-9-16/h5-9,13H,10-12H2,1-4H3,(H,21,26). The quantitative estimate of drug-likeness (QED) is 0.725. The van der Waals surface area contributed by atoms with Crippen LogP contribution in [0.2, 0.25) is 0 Å². The Morgan fingerprint density at radius 1 is 1.15 bits per heavy atom. The second-order valence-corrected chi connectivity index (χ2v) is 7.14. The lowest BCUT2D eigenvalue weighted by molar-refractivity contribution is -0.121. The number of nitrogens with zero attached hydrogens (tertiary/aromatic N) is 4. The van der Waals surface area contributed by atoms with E-state index in [4.69, 9.17) is 0 Å². The van der Waals surface area contributed by atoms with E-state index in [1.54, 1.807) is 4.68 Å². The summed E-state index contributed by atoms with van der Waals surface area (Å²) >= 11 is 0. The van der Waals surface area contributed by atoms with E-state index < -0.39 is 0 Å². The van der Waals surface area contributed by atoms with Crippen molar-refractivity contribution in [2.24, 2.45) is 5.92 Å². The highest BCUT2D eigenvalue weighted by atomic mass is 16.2. The zero-order valence-electron chi connectivity index (χ0n) is 16.2. The number of rotatable bonds is 6. The van der Waals surface area contributed by atoms with E-state index in [-0.39, 0.29) is 18.0 Å². The maximum absolute atomic E-state index is 12.8. The minimum Gasteiger partial charge on any atom is -0.354 e. The van der Waals surface area contributed by atoms with Crippen LogP contribution in [-0.4, -0.2) is 32.0 Å². The number of benzene rings is 1. The van der Waals surface area contributed by atoms with Crippen LogP contribution in [0.15, 0.2) is 35.1 Å². The molecule has 1 aromatic carbocycles. The Hall–Kier alpha value is -2.96. The molecule has 0 saturated carbocycles. The van der Waals surface area contributed by atoms with Gasteiger partial charge >= 0.3 is 0 Å². The molecule has 0 aliphatic carbocycles. The van der Waals surface area contributed by atoms with Gasteiger partial charge in [-0.3, -0.25) is 9.59 Å². The highest BCUT2D eigenvalue weighted by Gasteiger charge is 2.18. The third kappa shape index (κ3) is 3.92. The van der Waals surface area contributed by atoms with Gasteiger partial charge in [0.2, 0.25) is 5.91 Å². The van der Waals surface area contributed by atoms with Crippen molar-refractivity contribution in [1.82, 2.24) is 24.9 Å². The number of aryl methyl sites for hydroxylation is 2. The van der Waals surface area contributed by atoms with Crippen molar-refractivity contribution in [3.05, 3.63) is 52.1 Å². The molecule has 0 spiro atoms. The molecule has 7 nitrogen and oxygen atoms in total. The number of para-hydroxylation sites is 1. The van der Waals surface area contributed by atoms with Crippen molar-refractivity contribution < 1.29 is 4.79 Å². The zero-order valence-corrected chi connectivity index (χ0v) is 16.2. The molecule has 0 fully saturated rings. The Kier molecular flexibility index (Phi) is 5.39. The van der Waals surface area contributed by atoms with E-state index in [2.05, 4.69) is 29.4 Å². The van der Waals surface area contributed by atoms with Gasteiger partial charge in [0.25, 0.3) is 5.56 Å². The van der Waals surface area contributed by atoms with Crippen LogP contribution in [0.25, 0.3) is 16.6 Å². The van der Waals surface area contributed by atoms with Crippen molar-refractivity contribution >= 4 is 16.8 Å². The van der Waals surface area contributed by atoms with Crippen LogP contribution in [0.4, 0.5) is 0 Å². The lowest BCUT2D eigenvalue weighted by atomic mass is 10.1. The predicted octanol–water partition coefficient (Wildman–Crippen LogP) is 2.36. The van der Waals surface area contributed by atoms with E-state index in [0.29, 0.717) is 23.7 Å². The molecule has 0 radical (unpaired) electrons. The first-order chi connectivity index (χ1) is 12.9. The molecule has 0 bridgehead atoms. The Bertz CT molecular complexity index is 1020. The van der Waals surface area contributed by atoms with Crippen molar-refractivity contribution in [3.63, 3.8) is 0 Å². The van der Waals surface area contributed by atoms with Crippen LogP contribution in [0.3, 0.4) is 0 Å². The monoisotopic (exact) mass is 367 g/mol. The van der Waals surface area contributed by atoms with Gasteiger partial charge in [0.05, 0.1) is 22.5 Å². The fraction of sp³-hybridized carbons (Fsp3) is 0.400. The van der Waals surface area contributed by atoms with Gasteiger partial charge in [-0.2, -0.15) is 10.2 Å². The Morgan fingerprint density at radius 3 is 2.52 bits per heavy atom. The summed E-state index contributed by atoms with van der Waals surface area (Å²) in [6, 6.07) is 9.64. The smallest absolute Gasteiger partial charge is 0.295 e. The molecule has 1 N–H and O–H groups in total. The van der Waals surface area contributed by atoms with Crippen LogP contribution in [0, 0.1) is 19.8 Å². The van der Waals surface area contributed by atoms with Crippen LogP contribution in [-0.2, 0) is 11.3 Å². The number of hydrogen-bond acceptors (Lipinski definition) is 4. The highest BCUT2D eigenvalue weighted by molar-refractivity contribution is 5.83. The zero-order chi connectivity index (χ0) is 19.6. The molecule has 0 unspecified atom stereocenters. The number of amides is 1. The van der Waals surface area contributed by atoms with Crippen LogP contribution in [0.5, 0.6) is 0 Å². The molecule has 1 amide bonds. The van der Waals surface area contributed by atoms with Gasteiger partial charge in [-0.1, -0.05) is 32.0 Å². The van der Waals surface area contributed by atoms with Crippen molar-refractivity contribution in [1.29, 1.82) is 0 Å². The average Bonchev–Trinajstić information content (AvgIpc) is 2.98. The molecule has 3 rings (SSSR count). The molecular formula is C20H25N5O2. The first-order valence-electron chi connectivity index (χ1n) is 9.17. The maximum atomic E-state index is 12.8. The van der Waals surface area contributed by atoms with E-state index in [9.17, 15) is 9.59 Å². The summed E-state index contributed by atoms with van der Waals surface area (Å²) in [5.41, 5.74) is 2.39. The lowest BCUT2D eigenvalue weighted by Gasteiger charge is -2.09. The fourth-order valence-corrected chi connectivity index (χ4v) is 3.10. The number of aromatic nitrogens is 4. The number of nitrogens with one attached hydrogen (secondary N) is 1. The molecule has 0 aliphatic heterocycles. The van der Waals surface area contributed by atoms with Crippen molar-refractivity contribution in [2.45, 2.75) is 40.7 Å². The lowest BCUT2D eigenvalue weighted by Crippen LogP contribution is -2.34. The summed E-state index contributed by atoms with van der Waals surface area (Å²) in [6.07, 6.45) is 0.896. The number of carbonyl (C=O) groups excluding carboxylic acids is 1. The van der Waals surface area contributed by atoms with Gasteiger partial charge in [0.15, 0.2) is 5.52 Å². The average molecular weight is 367 g/mol. The van der Waals surface area contributed by atoms with Gasteiger partial charge in [0, 0.05) is 6.54 Å². The molecule has 2 heterocycles. The third-order valence-electron chi connectivity index (χ3n) is 4.52. The summed E-state index contributed by atoms with van der Waals surface area (Å²) in [5.74, 6) is 0.290. The molecule has 7 heteroatoms. The topological polar surface area (TPSA) is 81.8 Å². The fourth-order valence-electron chi connectivity index (χ4n) is 3.10. The Morgan fingerprint density at radius 2 is 1.85 bits per heavy atom. The van der Waals surface area contributed by atoms with E-state index in [1.165, 1.54) is 4.68 Å². The highest BCUT2D eigenvalue weighted by Crippen LogP contribution is 2.20. The van der Waals surface area contributed by atoms with E-state index >= 15 is 0 Å². The Balaban J connectivity index is 1.94. The van der Waals surface area contributed by atoms with Gasteiger partial charge < -0.3 is 5.32 Å². The summed E-state index contributed by atoms with van der Waals surface area (Å²) in [7, 11) is 0. The molecule has 27 heavy (non-hydrogen) atoms. The van der Waals surface area contributed by atoms with Crippen molar-refractivity contribution in [2.75, 3.05) is 6.54 Å². The van der Waals surface area contributed by atoms with Crippen LogP contribution >= 0.6 is 0 Å². The second-order valence-electron chi connectivity index (χ2n) is 7.14. The van der Waals surface area contributed by atoms with Crippen molar-refractivity contribution in [3.8, 4) is 5.69 Å². The first kappa shape index (κ1) is 18.8. The largest absolute Gasteiger partial charge is 0.354 e. The molecule has 0 atom stereocenters. The molecule has 3 aromatic rings. The van der Waals surface area contributed by atoms with Gasteiger partial charge in [-0.15, -0.1) is 0 Å². The molecule has 0 aliphatic rings. The number of fused-ring (bicyclic) bond motifs is 1.